The van der Waals surface area contributed by atoms with E-state index in [1.807, 2.05) is 31.2 Å². The SMILES string of the molecule is Cc1ccc(C2C(C#N)=C(N)Oc3cc(OC(=O)COc4cccc(Cl)c4)ccc32)cc1. The predicted octanol–water partition coefficient (Wildman–Crippen LogP) is 4.85. The monoisotopic (exact) mass is 446 g/mol. The molecule has 0 bridgehead atoms. The van der Waals surface area contributed by atoms with E-state index in [9.17, 15) is 10.1 Å². The van der Waals surface area contributed by atoms with Gasteiger partial charge in [0.25, 0.3) is 0 Å². The van der Waals surface area contributed by atoms with Crippen LogP contribution in [0.15, 0.2) is 78.2 Å². The van der Waals surface area contributed by atoms with E-state index < -0.39 is 5.97 Å². The van der Waals surface area contributed by atoms with Gasteiger partial charge in [-0.1, -0.05) is 53.6 Å². The lowest BCUT2D eigenvalue weighted by molar-refractivity contribution is -0.136. The zero-order chi connectivity index (χ0) is 22.7. The number of carbonyl (C=O) groups is 1. The fraction of sp³-hybridized carbons (Fsp3) is 0.120. The van der Waals surface area contributed by atoms with Crippen LogP contribution in [0, 0.1) is 18.3 Å². The van der Waals surface area contributed by atoms with Crippen molar-refractivity contribution < 1.29 is 19.0 Å². The molecule has 4 rings (SSSR count). The number of nitrogens with zero attached hydrogens (tertiary/aromatic N) is 1. The first-order chi connectivity index (χ1) is 15.4. The van der Waals surface area contributed by atoms with Crippen LogP contribution < -0.4 is 19.9 Å². The Morgan fingerprint density at radius 2 is 1.91 bits per heavy atom. The highest BCUT2D eigenvalue weighted by molar-refractivity contribution is 6.30. The molecule has 1 aliphatic rings. The molecular formula is C25H19ClN2O4. The van der Waals surface area contributed by atoms with Crippen LogP contribution >= 0.6 is 11.6 Å². The van der Waals surface area contributed by atoms with Gasteiger partial charge in [-0.25, -0.2) is 4.79 Å². The van der Waals surface area contributed by atoms with E-state index in [-0.39, 0.29) is 24.2 Å². The number of aryl methyl sites for hydroxylation is 1. The first-order valence-corrected chi connectivity index (χ1v) is 10.2. The van der Waals surface area contributed by atoms with Gasteiger partial charge in [-0.3, -0.25) is 0 Å². The maximum Gasteiger partial charge on any atom is 0.349 e. The molecule has 160 valence electrons. The van der Waals surface area contributed by atoms with E-state index in [2.05, 4.69) is 6.07 Å². The van der Waals surface area contributed by atoms with Crippen LogP contribution in [0.1, 0.15) is 22.6 Å². The van der Waals surface area contributed by atoms with Gasteiger partial charge in [-0.05, 0) is 36.8 Å². The Hall–Kier alpha value is -3.95. The fourth-order valence-corrected chi connectivity index (χ4v) is 3.64. The summed E-state index contributed by atoms with van der Waals surface area (Å²) >= 11 is 5.91. The summed E-state index contributed by atoms with van der Waals surface area (Å²) in [6.45, 7) is 1.71. The fourth-order valence-electron chi connectivity index (χ4n) is 3.46. The molecule has 0 aromatic heterocycles. The summed E-state index contributed by atoms with van der Waals surface area (Å²) < 4.78 is 16.5. The molecule has 0 saturated heterocycles. The number of hydrogen-bond donors (Lipinski definition) is 1. The summed E-state index contributed by atoms with van der Waals surface area (Å²) in [5.74, 6) is 0.231. The van der Waals surface area contributed by atoms with E-state index in [0.29, 0.717) is 22.1 Å². The lowest BCUT2D eigenvalue weighted by atomic mass is 9.83. The molecule has 0 fully saturated rings. The normalized spacial score (nSPS) is 14.7. The number of esters is 1. The zero-order valence-electron chi connectivity index (χ0n) is 17.2. The summed E-state index contributed by atoms with van der Waals surface area (Å²) in [7, 11) is 0. The van der Waals surface area contributed by atoms with Crippen LogP contribution in [0.5, 0.6) is 17.2 Å². The van der Waals surface area contributed by atoms with Crippen LogP contribution in [-0.2, 0) is 4.79 Å². The third-order valence-corrected chi connectivity index (χ3v) is 5.22. The highest BCUT2D eigenvalue weighted by Gasteiger charge is 2.31. The standard InChI is InChI=1S/C25H19ClN2O4/c1-15-5-7-16(8-6-15)24-20-10-9-19(12-22(20)32-25(28)21(24)13-27)31-23(29)14-30-18-4-2-3-17(26)11-18/h2-12,24H,14,28H2,1H3. The maximum atomic E-state index is 12.2. The van der Waals surface area contributed by atoms with E-state index in [1.54, 1.807) is 42.5 Å². The number of carbonyl (C=O) groups excluding carboxylic acids is 1. The number of fused-ring (bicyclic) bond motifs is 1. The number of hydrogen-bond acceptors (Lipinski definition) is 6. The van der Waals surface area contributed by atoms with Crippen molar-refractivity contribution in [3.63, 3.8) is 0 Å². The molecule has 1 unspecified atom stereocenters. The van der Waals surface area contributed by atoms with Gasteiger partial charge >= 0.3 is 5.97 Å². The number of allylic oxidation sites excluding steroid dienone is 1. The molecule has 1 heterocycles. The molecular weight excluding hydrogens is 428 g/mol. The van der Waals surface area contributed by atoms with Gasteiger partial charge in [0.05, 0.1) is 5.92 Å². The Morgan fingerprint density at radius 1 is 1.12 bits per heavy atom. The summed E-state index contributed by atoms with van der Waals surface area (Å²) in [4.78, 5) is 12.2. The molecule has 7 heteroatoms. The summed E-state index contributed by atoms with van der Waals surface area (Å²) in [5, 5.41) is 10.2. The van der Waals surface area contributed by atoms with Crippen molar-refractivity contribution in [3.8, 4) is 23.3 Å². The van der Waals surface area contributed by atoms with Crippen LogP contribution in [0.25, 0.3) is 0 Å². The van der Waals surface area contributed by atoms with Gasteiger partial charge in [0.1, 0.15) is 28.9 Å². The van der Waals surface area contributed by atoms with E-state index >= 15 is 0 Å². The number of ether oxygens (including phenoxy) is 3. The largest absolute Gasteiger partial charge is 0.482 e. The average molecular weight is 447 g/mol. The second-order valence-corrected chi connectivity index (χ2v) is 7.69. The van der Waals surface area contributed by atoms with Crippen molar-refractivity contribution in [3.05, 3.63) is 99.9 Å². The van der Waals surface area contributed by atoms with Crippen molar-refractivity contribution in [2.45, 2.75) is 12.8 Å². The van der Waals surface area contributed by atoms with Crippen molar-refractivity contribution in [2.24, 2.45) is 5.73 Å². The quantitative estimate of drug-likeness (QED) is 0.444. The molecule has 3 aromatic carbocycles. The van der Waals surface area contributed by atoms with Gasteiger partial charge in [0, 0.05) is 16.7 Å². The van der Waals surface area contributed by atoms with Gasteiger partial charge in [0.15, 0.2) is 6.61 Å². The molecule has 0 radical (unpaired) electrons. The van der Waals surface area contributed by atoms with Crippen LogP contribution in [0.2, 0.25) is 5.02 Å². The molecule has 1 aliphatic heterocycles. The van der Waals surface area contributed by atoms with Crippen LogP contribution in [0.4, 0.5) is 0 Å². The number of nitrogens with two attached hydrogens (primary N) is 1. The first kappa shape index (κ1) is 21.3. The third kappa shape index (κ3) is 4.53. The molecule has 1 atom stereocenters. The Balaban J connectivity index is 1.54. The van der Waals surface area contributed by atoms with Crippen LogP contribution in [0.3, 0.4) is 0 Å². The van der Waals surface area contributed by atoms with Gasteiger partial charge in [-0.15, -0.1) is 0 Å². The average Bonchev–Trinajstić information content (AvgIpc) is 2.77. The summed E-state index contributed by atoms with van der Waals surface area (Å²) in [6, 6.07) is 21.8. The van der Waals surface area contributed by atoms with Gasteiger partial charge in [-0.2, -0.15) is 5.26 Å². The summed E-state index contributed by atoms with van der Waals surface area (Å²) in [5.41, 5.74) is 9.15. The molecule has 3 aromatic rings. The van der Waals surface area contributed by atoms with Crippen molar-refractivity contribution in [2.75, 3.05) is 6.61 Å². The minimum absolute atomic E-state index is 0.0262. The Kier molecular flexibility index (Phi) is 6.02. The predicted molar refractivity (Wildman–Crippen MR) is 120 cm³/mol. The lowest BCUT2D eigenvalue weighted by Gasteiger charge is -2.26. The number of benzene rings is 3. The second kappa shape index (κ2) is 9.04. The van der Waals surface area contributed by atoms with Crippen LogP contribution in [-0.4, -0.2) is 12.6 Å². The Bertz CT molecular complexity index is 1250. The van der Waals surface area contributed by atoms with Crippen molar-refractivity contribution >= 4 is 17.6 Å². The van der Waals surface area contributed by atoms with E-state index in [1.165, 1.54) is 0 Å². The zero-order valence-corrected chi connectivity index (χ0v) is 17.9. The minimum atomic E-state index is -0.586. The molecule has 2 N–H and O–H groups in total. The van der Waals surface area contributed by atoms with Crippen molar-refractivity contribution in [1.82, 2.24) is 0 Å². The number of halogens is 1. The topological polar surface area (TPSA) is 94.6 Å². The second-order valence-electron chi connectivity index (χ2n) is 7.26. The van der Waals surface area contributed by atoms with Crippen molar-refractivity contribution in [1.29, 1.82) is 5.26 Å². The first-order valence-electron chi connectivity index (χ1n) is 9.82. The molecule has 32 heavy (non-hydrogen) atoms. The third-order valence-electron chi connectivity index (χ3n) is 4.99. The Morgan fingerprint density at radius 3 is 2.62 bits per heavy atom. The summed E-state index contributed by atoms with van der Waals surface area (Å²) in [6.07, 6.45) is 0. The lowest BCUT2D eigenvalue weighted by Crippen LogP contribution is -2.21. The highest BCUT2D eigenvalue weighted by atomic mass is 35.5. The Labute approximate surface area is 190 Å². The molecule has 0 aliphatic carbocycles. The smallest absolute Gasteiger partial charge is 0.349 e. The molecule has 6 nitrogen and oxygen atoms in total. The van der Waals surface area contributed by atoms with E-state index in [0.717, 1.165) is 16.7 Å². The maximum absolute atomic E-state index is 12.2. The number of rotatable bonds is 5. The number of nitriles is 1. The molecule has 0 amide bonds. The molecule has 0 spiro atoms. The molecule has 0 saturated carbocycles. The van der Waals surface area contributed by atoms with E-state index in [4.69, 9.17) is 31.5 Å². The van der Waals surface area contributed by atoms with Gasteiger partial charge in [0.2, 0.25) is 5.88 Å². The minimum Gasteiger partial charge on any atom is -0.482 e. The highest BCUT2D eigenvalue weighted by Crippen LogP contribution is 2.43. The van der Waals surface area contributed by atoms with Gasteiger partial charge < -0.3 is 19.9 Å².